The van der Waals surface area contributed by atoms with Gasteiger partial charge in [0.05, 0.1) is 0 Å². The van der Waals surface area contributed by atoms with Crippen molar-refractivity contribution < 1.29 is 0 Å². The maximum atomic E-state index is 3.16. The lowest BCUT2D eigenvalue weighted by atomic mass is 10.2. The van der Waals surface area contributed by atoms with Crippen LogP contribution in [0.1, 0.15) is 16.4 Å². The van der Waals surface area contributed by atoms with E-state index >= 15 is 0 Å². The van der Waals surface area contributed by atoms with Gasteiger partial charge in [0.2, 0.25) is 0 Å². The summed E-state index contributed by atoms with van der Waals surface area (Å²) in [6.07, 6.45) is 0. The van der Waals surface area contributed by atoms with Crippen molar-refractivity contribution in [2.75, 3.05) is 0 Å². The van der Waals surface area contributed by atoms with E-state index in [1.807, 2.05) is 18.2 Å². The predicted molar refractivity (Wildman–Crippen MR) is 47.7 cm³/mol. The maximum absolute atomic E-state index is 3.16. The number of hydrogen-bond acceptors (Lipinski definition) is 0. The zero-order valence-corrected chi connectivity index (χ0v) is 7.42. The Bertz CT molecular complexity index is 167. The summed E-state index contributed by atoms with van der Waals surface area (Å²) in [5.41, 5.74) is 1.28. The molecule has 9 heavy (non-hydrogen) atoms. The molecule has 0 aromatic heterocycles. The van der Waals surface area contributed by atoms with Gasteiger partial charge in [-0.15, -0.1) is 0 Å². The summed E-state index contributed by atoms with van der Waals surface area (Å²) in [5.74, 6) is 0. The summed E-state index contributed by atoms with van der Waals surface area (Å²) in [5, 5.41) is 0. The minimum Gasteiger partial charge on any atom is -0.0777 e. The highest BCUT2D eigenvalue weighted by molar-refractivity contribution is 14.1. The lowest BCUT2D eigenvalue weighted by Gasteiger charge is -1.99. The van der Waals surface area contributed by atoms with Crippen molar-refractivity contribution in [2.24, 2.45) is 0 Å². The monoisotopic (exact) mass is 231 g/mol. The number of benzene rings is 1. The quantitative estimate of drug-likeness (QED) is 0.514. The molecule has 0 fully saturated rings. The predicted octanol–water partition coefficient (Wildman–Crippen LogP) is 2.98. The van der Waals surface area contributed by atoms with Crippen molar-refractivity contribution >= 4 is 22.6 Å². The largest absolute Gasteiger partial charge is 0.0777 e. The van der Waals surface area contributed by atoms with Crippen LogP contribution in [0.25, 0.3) is 0 Å². The van der Waals surface area contributed by atoms with Crippen molar-refractivity contribution in [1.82, 2.24) is 0 Å². The summed E-state index contributed by atoms with van der Waals surface area (Å²) in [6, 6.07) is 11.2. The van der Waals surface area contributed by atoms with Gasteiger partial charge in [0.1, 0.15) is 0 Å². The Morgan fingerprint density at radius 1 is 1.56 bits per heavy atom. The first-order valence-corrected chi connectivity index (χ1v) is 4.16. The van der Waals surface area contributed by atoms with Crippen LogP contribution in [0.15, 0.2) is 24.3 Å². The fourth-order valence-electron chi connectivity index (χ4n) is 0.655. The van der Waals surface area contributed by atoms with Crippen LogP contribution < -0.4 is 0 Å². The number of rotatable bonds is 1. The fourth-order valence-corrected chi connectivity index (χ4v) is 1.04. The standard InChI is InChI=1S/C8H8I/c1-7(9)8-5-3-2-4-6-8/h2-5,7H,1H3. The molecule has 1 unspecified atom stereocenters. The minimum atomic E-state index is 0.573. The molecule has 0 aliphatic carbocycles. The van der Waals surface area contributed by atoms with Crippen LogP contribution in [0.3, 0.4) is 0 Å². The van der Waals surface area contributed by atoms with Crippen LogP contribution in [0.5, 0.6) is 0 Å². The van der Waals surface area contributed by atoms with Gasteiger partial charge in [-0.2, -0.15) is 0 Å². The highest BCUT2D eigenvalue weighted by Crippen LogP contribution is 2.20. The van der Waals surface area contributed by atoms with Crippen LogP contribution in [-0.2, 0) is 0 Å². The third-order valence-electron chi connectivity index (χ3n) is 1.16. The minimum absolute atomic E-state index is 0.573. The molecular weight excluding hydrogens is 223 g/mol. The summed E-state index contributed by atoms with van der Waals surface area (Å²) < 4.78 is 0.573. The average molecular weight is 231 g/mol. The second-order valence-electron chi connectivity index (χ2n) is 1.93. The smallest absolute Gasteiger partial charge is 0.0337 e. The Labute approximate surface area is 69.4 Å². The van der Waals surface area contributed by atoms with Crippen molar-refractivity contribution in [3.63, 3.8) is 0 Å². The van der Waals surface area contributed by atoms with Crippen LogP contribution in [0.4, 0.5) is 0 Å². The van der Waals surface area contributed by atoms with E-state index < -0.39 is 0 Å². The van der Waals surface area contributed by atoms with E-state index in [1.165, 1.54) is 5.56 Å². The van der Waals surface area contributed by atoms with Gasteiger partial charge >= 0.3 is 0 Å². The lowest BCUT2D eigenvalue weighted by Crippen LogP contribution is -1.80. The molecule has 1 aromatic carbocycles. The maximum Gasteiger partial charge on any atom is 0.0337 e. The SMILES string of the molecule is CC(I)c1[c]cccc1. The zero-order valence-electron chi connectivity index (χ0n) is 5.26. The van der Waals surface area contributed by atoms with Gasteiger partial charge in [0.15, 0.2) is 0 Å². The molecule has 0 N–H and O–H groups in total. The van der Waals surface area contributed by atoms with Gasteiger partial charge in [-0.1, -0.05) is 46.9 Å². The average Bonchev–Trinajstić information content (AvgIpc) is 1.90. The second kappa shape index (κ2) is 3.20. The third-order valence-corrected chi connectivity index (χ3v) is 1.83. The molecule has 1 rings (SSSR count). The van der Waals surface area contributed by atoms with Crippen LogP contribution in [-0.4, -0.2) is 0 Å². The first-order chi connectivity index (χ1) is 4.30. The summed E-state index contributed by atoms with van der Waals surface area (Å²) in [7, 11) is 0. The molecule has 0 amide bonds. The molecule has 47 valence electrons. The fraction of sp³-hybridized carbons (Fsp3) is 0.250. The van der Waals surface area contributed by atoms with E-state index in [4.69, 9.17) is 0 Å². The Morgan fingerprint density at radius 2 is 2.33 bits per heavy atom. The molecule has 0 heterocycles. The number of alkyl halides is 1. The van der Waals surface area contributed by atoms with Crippen LogP contribution in [0.2, 0.25) is 0 Å². The van der Waals surface area contributed by atoms with E-state index in [0.717, 1.165) is 0 Å². The molecule has 0 saturated carbocycles. The zero-order chi connectivity index (χ0) is 6.69. The number of hydrogen-bond donors (Lipinski definition) is 0. The summed E-state index contributed by atoms with van der Waals surface area (Å²) in [4.78, 5) is 0. The van der Waals surface area contributed by atoms with Crippen molar-refractivity contribution in [2.45, 2.75) is 10.8 Å². The molecule has 0 nitrogen and oxygen atoms in total. The first-order valence-electron chi connectivity index (χ1n) is 2.91. The van der Waals surface area contributed by atoms with Gasteiger partial charge in [-0.3, -0.25) is 0 Å². The summed E-state index contributed by atoms with van der Waals surface area (Å²) in [6.45, 7) is 2.16. The van der Waals surface area contributed by atoms with E-state index in [1.54, 1.807) is 0 Å². The van der Waals surface area contributed by atoms with Crippen LogP contribution in [0, 0.1) is 6.07 Å². The van der Waals surface area contributed by atoms with E-state index in [9.17, 15) is 0 Å². The molecule has 0 aliphatic heterocycles. The molecule has 0 bridgehead atoms. The van der Waals surface area contributed by atoms with Gasteiger partial charge in [-0.25, -0.2) is 0 Å². The number of halogens is 1. The highest BCUT2D eigenvalue weighted by atomic mass is 127. The Hall–Kier alpha value is -0.0500. The Morgan fingerprint density at radius 3 is 2.67 bits per heavy atom. The van der Waals surface area contributed by atoms with Crippen molar-refractivity contribution in [1.29, 1.82) is 0 Å². The molecule has 1 heteroatoms. The molecule has 0 spiro atoms. The van der Waals surface area contributed by atoms with Gasteiger partial charge in [-0.05, 0) is 18.6 Å². The molecule has 1 atom stereocenters. The summed E-state index contributed by atoms with van der Waals surface area (Å²) >= 11 is 2.38. The molecule has 0 aliphatic rings. The Balaban J connectivity index is 2.85. The lowest BCUT2D eigenvalue weighted by molar-refractivity contribution is 1.14. The second-order valence-corrected chi connectivity index (χ2v) is 3.80. The topological polar surface area (TPSA) is 0 Å². The highest BCUT2D eigenvalue weighted by Gasteiger charge is 1.95. The molecule has 0 saturated heterocycles. The van der Waals surface area contributed by atoms with Crippen LogP contribution >= 0.6 is 22.6 Å². The van der Waals surface area contributed by atoms with Gasteiger partial charge < -0.3 is 0 Å². The van der Waals surface area contributed by atoms with E-state index in [2.05, 4.69) is 41.6 Å². The van der Waals surface area contributed by atoms with Gasteiger partial charge in [0.25, 0.3) is 0 Å². The molecular formula is C8H8I. The molecule has 1 radical (unpaired) electrons. The third kappa shape index (κ3) is 1.97. The Kier molecular flexibility index (Phi) is 2.51. The van der Waals surface area contributed by atoms with E-state index in [0.29, 0.717) is 3.92 Å². The van der Waals surface area contributed by atoms with E-state index in [-0.39, 0.29) is 0 Å². The molecule has 1 aromatic rings. The van der Waals surface area contributed by atoms with Gasteiger partial charge in [0, 0.05) is 3.92 Å². The first kappa shape index (κ1) is 7.06. The van der Waals surface area contributed by atoms with Crippen molar-refractivity contribution in [3.8, 4) is 0 Å². The van der Waals surface area contributed by atoms with Crippen molar-refractivity contribution in [3.05, 3.63) is 35.9 Å². The normalized spacial score (nSPS) is 13.1.